The van der Waals surface area contributed by atoms with Crippen LogP contribution in [-0.4, -0.2) is 51.4 Å². The summed E-state index contributed by atoms with van der Waals surface area (Å²) >= 11 is 0. The van der Waals surface area contributed by atoms with Crippen molar-refractivity contribution in [2.75, 3.05) is 24.5 Å². The number of anilines is 1. The third-order valence-corrected chi connectivity index (χ3v) is 8.18. The van der Waals surface area contributed by atoms with Crippen molar-refractivity contribution in [2.45, 2.75) is 51.6 Å². The van der Waals surface area contributed by atoms with E-state index in [1.807, 2.05) is 52.0 Å². The maximum Gasteiger partial charge on any atom is 0.264 e. The summed E-state index contributed by atoms with van der Waals surface area (Å²) in [5, 5.41) is 2.63. The van der Waals surface area contributed by atoms with Gasteiger partial charge in [0.2, 0.25) is 11.8 Å². The number of benzene rings is 3. The van der Waals surface area contributed by atoms with E-state index in [-0.39, 0.29) is 17.3 Å². The number of amides is 2. The summed E-state index contributed by atoms with van der Waals surface area (Å²) in [6, 6.07) is 20.0. The van der Waals surface area contributed by atoms with Crippen LogP contribution in [0.1, 0.15) is 37.0 Å². The largest absolute Gasteiger partial charge is 0.494 e. The molecule has 3 aromatic carbocycles. The van der Waals surface area contributed by atoms with Gasteiger partial charge in [0, 0.05) is 13.6 Å². The molecule has 0 saturated heterocycles. The van der Waals surface area contributed by atoms with Crippen molar-refractivity contribution < 1.29 is 22.7 Å². The van der Waals surface area contributed by atoms with Gasteiger partial charge in [0.05, 0.1) is 17.2 Å². The highest BCUT2D eigenvalue weighted by atomic mass is 32.2. The van der Waals surface area contributed by atoms with E-state index in [2.05, 4.69) is 5.32 Å². The zero-order valence-electron chi connectivity index (χ0n) is 23.2. The Morgan fingerprint density at radius 2 is 1.59 bits per heavy atom. The first-order valence-corrected chi connectivity index (χ1v) is 14.4. The molecular weight excluding hydrogens is 514 g/mol. The van der Waals surface area contributed by atoms with Crippen LogP contribution in [0.4, 0.5) is 5.69 Å². The minimum Gasteiger partial charge on any atom is -0.494 e. The average Bonchev–Trinajstić information content (AvgIpc) is 2.92. The maximum atomic E-state index is 14.0. The lowest BCUT2D eigenvalue weighted by atomic mass is 10.1. The zero-order chi connectivity index (χ0) is 28.6. The number of nitrogens with one attached hydrogen (secondary N) is 1. The van der Waals surface area contributed by atoms with Crippen molar-refractivity contribution >= 4 is 27.5 Å². The first-order valence-electron chi connectivity index (χ1n) is 13.0. The van der Waals surface area contributed by atoms with Crippen LogP contribution < -0.4 is 14.4 Å². The summed E-state index contributed by atoms with van der Waals surface area (Å²) in [7, 11) is -2.60. The summed E-state index contributed by atoms with van der Waals surface area (Å²) in [5.74, 6) is -0.212. The molecule has 0 heterocycles. The van der Waals surface area contributed by atoms with Gasteiger partial charge in [-0.2, -0.15) is 0 Å². The van der Waals surface area contributed by atoms with Crippen LogP contribution in [-0.2, 0) is 26.2 Å². The Bertz CT molecular complexity index is 1370. The highest BCUT2D eigenvalue weighted by Crippen LogP contribution is 2.27. The smallest absolute Gasteiger partial charge is 0.264 e. The molecular formula is C30H37N3O5S. The predicted molar refractivity (Wildman–Crippen MR) is 153 cm³/mol. The van der Waals surface area contributed by atoms with Crippen LogP contribution in [0, 0.1) is 13.8 Å². The molecule has 1 unspecified atom stereocenters. The molecule has 208 valence electrons. The number of carbonyl (C=O) groups is 2. The molecule has 8 nitrogen and oxygen atoms in total. The molecule has 3 rings (SSSR count). The first-order chi connectivity index (χ1) is 18.6. The molecule has 1 atom stereocenters. The number of hydrogen-bond acceptors (Lipinski definition) is 5. The Balaban J connectivity index is 2.06. The van der Waals surface area contributed by atoms with Gasteiger partial charge in [-0.3, -0.25) is 13.9 Å². The van der Waals surface area contributed by atoms with Gasteiger partial charge >= 0.3 is 0 Å². The number of carbonyl (C=O) groups excluding carboxylic acids is 2. The fraction of sp³-hybridized carbons (Fsp3) is 0.333. The van der Waals surface area contributed by atoms with Gasteiger partial charge in [-0.1, -0.05) is 54.4 Å². The molecule has 0 radical (unpaired) electrons. The normalized spacial score (nSPS) is 11.9. The fourth-order valence-electron chi connectivity index (χ4n) is 4.33. The first kappa shape index (κ1) is 29.7. The number of nitrogens with zero attached hydrogens (tertiary/aromatic N) is 2. The molecule has 1 N–H and O–H groups in total. The SMILES string of the molecule is CCOc1ccc(N(CC(=O)N(Cc2cccc(C)c2)C(CC)C(=O)NC)S(=O)(=O)c2ccc(C)cc2)cc1. The topological polar surface area (TPSA) is 96.0 Å². The second kappa shape index (κ2) is 13.3. The molecule has 3 aromatic rings. The van der Waals surface area contributed by atoms with Crippen molar-refractivity contribution in [1.82, 2.24) is 10.2 Å². The van der Waals surface area contributed by atoms with Gasteiger partial charge in [0.25, 0.3) is 10.0 Å². The van der Waals surface area contributed by atoms with E-state index < -0.39 is 28.5 Å². The van der Waals surface area contributed by atoms with Crippen LogP contribution in [0.5, 0.6) is 5.75 Å². The summed E-state index contributed by atoms with van der Waals surface area (Å²) in [6.07, 6.45) is 0.366. The standard InChI is InChI=1S/C30H37N3O5S/c1-6-28(30(35)31-5)32(20-24-10-8-9-23(4)19-24)29(34)21-33(25-13-15-26(16-14-25)38-7-2)39(36,37)27-17-11-22(3)12-18-27/h8-19,28H,6-7,20-21H2,1-5H3,(H,31,35). The molecule has 0 saturated carbocycles. The molecule has 39 heavy (non-hydrogen) atoms. The number of hydrogen-bond donors (Lipinski definition) is 1. The van der Waals surface area contributed by atoms with Crippen molar-refractivity contribution in [3.63, 3.8) is 0 Å². The lowest BCUT2D eigenvalue weighted by Gasteiger charge is -2.33. The van der Waals surface area contributed by atoms with Crippen LogP contribution in [0.2, 0.25) is 0 Å². The van der Waals surface area contributed by atoms with E-state index >= 15 is 0 Å². The highest BCUT2D eigenvalue weighted by molar-refractivity contribution is 7.92. The number of aryl methyl sites for hydroxylation is 2. The third-order valence-electron chi connectivity index (χ3n) is 6.39. The van der Waals surface area contributed by atoms with Crippen molar-refractivity contribution in [2.24, 2.45) is 0 Å². The second-order valence-electron chi connectivity index (χ2n) is 9.30. The van der Waals surface area contributed by atoms with Gasteiger partial charge < -0.3 is 15.0 Å². The van der Waals surface area contributed by atoms with Crippen LogP contribution in [0.25, 0.3) is 0 Å². The monoisotopic (exact) mass is 551 g/mol. The van der Waals surface area contributed by atoms with Gasteiger partial charge in [-0.15, -0.1) is 0 Å². The van der Waals surface area contributed by atoms with E-state index in [4.69, 9.17) is 4.74 Å². The quantitative estimate of drug-likeness (QED) is 0.359. The Hall–Kier alpha value is -3.85. The molecule has 0 spiro atoms. The molecule has 2 amide bonds. The third kappa shape index (κ3) is 7.38. The minimum absolute atomic E-state index is 0.0679. The number of rotatable bonds is 12. The van der Waals surface area contributed by atoms with E-state index in [1.165, 1.54) is 24.1 Å². The van der Waals surface area contributed by atoms with Gasteiger partial charge in [0.15, 0.2) is 0 Å². The molecule has 0 bridgehead atoms. The molecule has 0 aliphatic carbocycles. The average molecular weight is 552 g/mol. The molecule has 9 heteroatoms. The lowest BCUT2D eigenvalue weighted by molar-refractivity contribution is -0.140. The highest BCUT2D eigenvalue weighted by Gasteiger charge is 2.33. The van der Waals surface area contributed by atoms with Gasteiger partial charge in [-0.05, 0) is 69.2 Å². The second-order valence-corrected chi connectivity index (χ2v) is 11.2. The van der Waals surface area contributed by atoms with E-state index in [1.54, 1.807) is 36.4 Å². The fourth-order valence-corrected chi connectivity index (χ4v) is 5.75. The Morgan fingerprint density at radius 1 is 0.923 bits per heavy atom. The van der Waals surface area contributed by atoms with Gasteiger partial charge in [0.1, 0.15) is 18.3 Å². The summed E-state index contributed by atoms with van der Waals surface area (Å²) < 4.78 is 34.4. The molecule has 0 fully saturated rings. The summed E-state index contributed by atoms with van der Waals surface area (Å²) in [6.45, 7) is 7.65. The van der Waals surface area contributed by atoms with Crippen LogP contribution in [0.15, 0.2) is 77.7 Å². The van der Waals surface area contributed by atoms with E-state index in [0.29, 0.717) is 24.5 Å². The number of ether oxygens (including phenoxy) is 1. The Kier molecular flexibility index (Phi) is 10.1. The van der Waals surface area contributed by atoms with Crippen molar-refractivity contribution in [3.05, 3.63) is 89.5 Å². The van der Waals surface area contributed by atoms with Crippen LogP contribution in [0.3, 0.4) is 0 Å². The van der Waals surface area contributed by atoms with Crippen LogP contribution >= 0.6 is 0 Å². The minimum atomic E-state index is -4.12. The zero-order valence-corrected chi connectivity index (χ0v) is 24.0. The van der Waals surface area contributed by atoms with Gasteiger partial charge in [-0.25, -0.2) is 8.42 Å². The van der Waals surface area contributed by atoms with E-state index in [0.717, 1.165) is 21.0 Å². The van der Waals surface area contributed by atoms with Crippen molar-refractivity contribution in [1.29, 1.82) is 0 Å². The summed E-state index contributed by atoms with van der Waals surface area (Å²) in [4.78, 5) is 28.3. The number of likely N-dealkylation sites (N-methyl/N-ethyl adjacent to an activating group) is 1. The maximum absolute atomic E-state index is 14.0. The number of sulfonamides is 1. The Morgan fingerprint density at radius 3 is 2.15 bits per heavy atom. The molecule has 0 aromatic heterocycles. The Labute approximate surface area is 231 Å². The van der Waals surface area contributed by atoms with Crippen molar-refractivity contribution in [3.8, 4) is 5.75 Å². The summed E-state index contributed by atoms with van der Waals surface area (Å²) in [5.41, 5.74) is 3.10. The lowest BCUT2D eigenvalue weighted by Crippen LogP contribution is -2.51. The predicted octanol–water partition coefficient (Wildman–Crippen LogP) is 4.45. The van der Waals surface area contributed by atoms with E-state index in [9.17, 15) is 18.0 Å². The molecule has 0 aliphatic rings. The molecule has 0 aliphatic heterocycles.